The lowest BCUT2D eigenvalue weighted by molar-refractivity contribution is 0.322. The summed E-state index contributed by atoms with van der Waals surface area (Å²) < 4.78 is 1.53. The van der Waals surface area contributed by atoms with Gasteiger partial charge in [-0.15, -0.1) is 0 Å². The number of aromatic nitrogens is 4. The van der Waals surface area contributed by atoms with Crippen molar-refractivity contribution in [1.82, 2.24) is 19.7 Å². The van der Waals surface area contributed by atoms with E-state index in [4.69, 9.17) is 15.7 Å². The van der Waals surface area contributed by atoms with Gasteiger partial charge in [0.1, 0.15) is 12.1 Å². The zero-order valence-electron chi connectivity index (χ0n) is 13.1. The molecule has 3 heterocycles. The van der Waals surface area contributed by atoms with Crippen molar-refractivity contribution in [3.05, 3.63) is 41.9 Å². The van der Waals surface area contributed by atoms with E-state index in [9.17, 15) is 0 Å². The molecule has 0 unspecified atom stereocenters. The molecule has 0 bridgehead atoms. The van der Waals surface area contributed by atoms with E-state index in [1.807, 2.05) is 6.07 Å². The van der Waals surface area contributed by atoms with E-state index in [-0.39, 0.29) is 0 Å². The predicted octanol–water partition coefficient (Wildman–Crippen LogP) is 1.82. The Morgan fingerprint density at radius 2 is 2.12 bits per heavy atom. The first-order chi connectivity index (χ1) is 12.2. The average molecular weight is 332 g/mol. The fraction of sp³-hybridized carbons (Fsp3) is 0.125. The number of hydrogen-bond donors (Lipinski definition) is 2. The minimum atomic E-state index is -0.452. The molecule has 0 amide bonds. The number of nitrogens with one attached hydrogen (secondary N) is 1. The lowest BCUT2D eigenvalue weighted by atomic mass is 10.2. The number of oxime groups is 1. The van der Waals surface area contributed by atoms with E-state index in [1.54, 1.807) is 25.3 Å². The van der Waals surface area contributed by atoms with Crippen LogP contribution in [0, 0.1) is 22.7 Å². The molecule has 3 aromatic rings. The fourth-order valence-corrected chi connectivity index (χ4v) is 2.28. The van der Waals surface area contributed by atoms with E-state index in [0.717, 1.165) is 0 Å². The summed E-state index contributed by atoms with van der Waals surface area (Å²) in [4.78, 5) is 8.55. The van der Waals surface area contributed by atoms with Crippen molar-refractivity contribution in [3.63, 3.8) is 0 Å². The summed E-state index contributed by atoms with van der Waals surface area (Å²) in [5, 5.41) is 37.7. The third-order valence-corrected chi connectivity index (χ3v) is 3.44. The van der Waals surface area contributed by atoms with Crippen LogP contribution in [-0.2, 0) is 0 Å². The Labute approximate surface area is 142 Å². The van der Waals surface area contributed by atoms with Gasteiger partial charge in [-0.05, 0) is 13.0 Å². The van der Waals surface area contributed by atoms with E-state index >= 15 is 0 Å². The molecule has 25 heavy (non-hydrogen) atoms. The van der Waals surface area contributed by atoms with Crippen molar-refractivity contribution < 1.29 is 5.21 Å². The van der Waals surface area contributed by atoms with E-state index in [0.29, 0.717) is 33.7 Å². The second kappa shape index (κ2) is 6.64. The summed E-state index contributed by atoms with van der Waals surface area (Å²) in [5.41, 5.74) is 2.08. The molecule has 0 radical (unpaired) electrons. The molecule has 0 aliphatic carbocycles. The highest BCUT2D eigenvalue weighted by atomic mass is 16.4. The second-order valence-corrected chi connectivity index (χ2v) is 5.17. The van der Waals surface area contributed by atoms with E-state index in [1.165, 1.54) is 23.3 Å². The number of pyridine rings is 2. The Hall–Kier alpha value is -3.98. The third-order valence-electron chi connectivity index (χ3n) is 3.44. The molecular weight excluding hydrogens is 320 g/mol. The van der Waals surface area contributed by atoms with Crippen molar-refractivity contribution in [1.29, 1.82) is 10.5 Å². The number of nitrogens with zero attached hydrogens (tertiary/aromatic N) is 7. The molecule has 3 aromatic heterocycles. The second-order valence-electron chi connectivity index (χ2n) is 5.17. The van der Waals surface area contributed by atoms with Gasteiger partial charge in [0, 0.05) is 35.1 Å². The molecule has 0 aliphatic heterocycles. The van der Waals surface area contributed by atoms with Crippen molar-refractivity contribution in [3.8, 4) is 18.0 Å². The van der Waals surface area contributed by atoms with Crippen LogP contribution >= 0.6 is 0 Å². The Bertz CT molecular complexity index is 1040. The monoisotopic (exact) mass is 332 g/mol. The van der Waals surface area contributed by atoms with Crippen LogP contribution in [0.2, 0.25) is 0 Å². The first-order valence-corrected chi connectivity index (χ1v) is 7.24. The van der Waals surface area contributed by atoms with Crippen LogP contribution in [0.5, 0.6) is 0 Å². The summed E-state index contributed by atoms with van der Waals surface area (Å²) in [5.74, 6) is 0.468. The third kappa shape index (κ3) is 3.07. The maximum Gasteiger partial charge on any atom is 0.164 e. The first kappa shape index (κ1) is 15.9. The van der Waals surface area contributed by atoms with Gasteiger partial charge in [-0.2, -0.15) is 20.3 Å². The number of fused-ring (bicyclic) bond motifs is 1. The maximum absolute atomic E-state index is 9.00. The van der Waals surface area contributed by atoms with E-state index < -0.39 is 6.04 Å². The molecule has 0 saturated carbocycles. The summed E-state index contributed by atoms with van der Waals surface area (Å²) in [7, 11) is 0. The Morgan fingerprint density at radius 3 is 2.84 bits per heavy atom. The quantitative estimate of drug-likeness (QED) is 0.422. The summed E-state index contributed by atoms with van der Waals surface area (Å²) in [6, 6.07) is 7.02. The van der Waals surface area contributed by atoms with Crippen LogP contribution in [-0.4, -0.2) is 37.2 Å². The summed E-state index contributed by atoms with van der Waals surface area (Å²) in [6.07, 6.45) is 5.78. The van der Waals surface area contributed by atoms with Gasteiger partial charge >= 0.3 is 0 Å². The van der Waals surface area contributed by atoms with Crippen LogP contribution in [0.1, 0.15) is 18.1 Å². The minimum Gasteiger partial charge on any atom is -0.411 e. The molecule has 9 nitrogen and oxygen atoms in total. The smallest absolute Gasteiger partial charge is 0.164 e. The molecule has 9 heteroatoms. The zero-order valence-corrected chi connectivity index (χ0v) is 13.1. The maximum atomic E-state index is 9.00. The number of rotatable bonds is 4. The number of nitriles is 2. The predicted molar refractivity (Wildman–Crippen MR) is 89.5 cm³/mol. The SMILES string of the molecule is C[C@H](C#N)Nc1cc(-n2ncc3cc(C#N)cnc32)ncc1/C=N/O. The van der Waals surface area contributed by atoms with Gasteiger partial charge < -0.3 is 10.5 Å². The van der Waals surface area contributed by atoms with Crippen LogP contribution in [0.4, 0.5) is 5.69 Å². The molecule has 0 fully saturated rings. The van der Waals surface area contributed by atoms with Gasteiger partial charge in [0.15, 0.2) is 11.5 Å². The van der Waals surface area contributed by atoms with Crippen LogP contribution in [0.15, 0.2) is 35.9 Å². The molecule has 0 aliphatic rings. The van der Waals surface area contributed by atoms with Gasteiger partial charge in [0.25, 0.3) is 0 Å². The molecule has 2 N–H and O–H groups in total. The molecule has 122 valence electrons. The Kier molecular flexibility index (Phi) is 4.22. The topological polar surface area (TPSA) is 136 Å². The fourth-order valence-electron chi connectivity index (χ4n) is 2.28. The number of hydrogen-bond acceptors (Lipinski definition) is 8. The number of anilines is 1. The van der Waals surface area contributed by atoms with Gasteiger partial charge in [-0.1, -0.05) is 5.16 Å². The highest BCUT2D eigenvalue weighted by Gasteiger charge is 2.12. The Morgan fingerprint density at radius 1 is 1.28 bits per heavy atom. The minimum absolute atomic E-state index is 0.444. The molecule has 1 atom stereocenters. The Balaban J connectivity index is 2.10. The van der Waals surface area contributed by atoms with Gasteiger partial charge in [0.2, 0.25) is 0 Å². The van der Waals surface area contributed by atoms with Crippen LogP contribution in [0.25, 0.3) is 16.9 Å². The molecular formula is C16H12N8O. The molecule has 3 rings (SSSR count). The lowest BCUT2D eigenvalue weighted by Crippen LogP contribution is -2.14. The standard InChI is InChI=1S/C16H12N8O/c1-10(4-17)23-14-3-15(19-7-13(14)9-22-25)24-16-12(8-21-24)2-11(5-18)6-20-16/h2-3,6-10,25H,1H3,(H,19,23)/b22-9+/t10-/m1/s1. The van der Waals surface area contributed by atoms with Crippen LogP contribution in [0.3, 0.4) is 0 Å². The van der Waals surface area contributed by atoms with Crippen molar-refractivity contribution in [2.75, 3.05) is 5.32 Å². The van der Waals surface area contributed by atoms with Gasteiger partial charge in [-0.3, -0.25) is 0 Å². The van der Waals surface area contributed by atoms with Gasteiger partial charge in [-0.25, -0.2) is 9.97 Å². The highest BCUT2D eigenvalue weighted by molar-refractivity contribution is 5.87. The zero-order chi connectivity index (χ0) is 17.8. The van der Waals surface area contributed by atoms with Crippen molar-refractivity contribution in [2.24, 2.45) is 5.16 Å². The summed E-state index contributed by atoms with van der Waals surface area (Å²) >= 11 is 0. The lowest BCUT2D eigenvalue weighted by Gasteiger charge is -2.12. The largest absolute Gasteiger partial charge is 0.411 e. The summed E-state index contributed by atoms with van der Waals surface area (Å²) in [6.45, 7) is 1.70. The average Bonchev–Trinajstić information content (AvgIpc) is 3.06. The van der Waals surface area contributed by atoms with Crippen LogP contribution < -0.4 is 5.32 Å². The molecule has 0 saturated heterocycles. The normalized spacial score (nSPS) is 12.0. The van der Waals surface area contributed by atoms with Crippen molar-refractivity contribution >= 4 is 22.9 Å². The molecule has 0 spiro atoms. The van der Waals surface area contributed by atoms with Crippen molar-refractivity contribution in [2.45, 2.75) is 13.0 Å². The van der Waals surface area contributed by atoms with Gasteiger partial charge in [0.05, 0.1) is 24.0 Å². The highest BCUT2D eigenvalue weighted by Crippen LogP contribution is 2.21. The molecule has 0 aromatic carbocycles. The first-order valence-electron chi connectivity index (χ1n) is 7.24. The van der Waals surface area contributed by atoms with E-state index in [2.05, 4.69) is 31.6 Å².